The van der Waals surface area contributed by atoms with Crippen molar-refractivity contribution < 1.29 is 27.1 Å². The zero-order valence-electron chi connectivity index (χ0n) is 8.73. The fourth-order valence-electron chi connectivity index (χ4n) is 1.02. The maximum Gasteiger partial charge on any atom is 0.188 e. The van der Waals surface area contributed by atoms with E-state index in [4.69, 9.17) is 4.74 Å². The number of thioether (sulfide) groups is 1. The van der Waals surface area contributed by atoms with Crippen molar-refractivity contribution in [1.82, 2.24) is 0 Å². The van der Waals surface area contributed by atoms with Crippen molar-refractivity contribution in [2.75, 3.05) is 5.94 Å². The molecule has 1 aromatic rings. The van der Waals surface area contributed by atoms with Crippen molar-refractivity contribution in [3.05, 3.63) is 34.9 Å². The summed E-state index contributed by atoms with van der Waals surface area (Å²) in [5, 5.41) is -0.239. The van der Waals surface area contributed by atoms with Crippen LogP contribution in [0.4, 0.5) is 17.6 Å². The van der Waals surface area contributed by atoms with Gasteiger partial charge in [-0.3, -0.25) is 4.79 Å². The van der Waals surface area contributed by atoms with Crippen LogP contribution >= 0.6 is 11.8 Å². The highest BCUT2D eigenvalue weighted by molar-refractivity contribution is 8.13. The largest absolute Gasteiger partial charge is 0.365 e. The first-order valence-electron chi connectivity index (χ1n) is 4.46. The molecule has 0 spiro atoms. The van der Waals surface area contributed by atoms with Crippen LogP contribution in [0, 0.1) is 23.3 Å². The Morgan fingerprint density at radius 3 is 2.24 bits per heavy atom. The smallest absolute Gasteiger partial charge is 0.188 e. The van der Waals surface area contributed by atoms with E-state index in [9.17, 15) is 22.4 Å². The number of carbonyl (C=O) groups excluding carboxylic acids is 1. The third kappa shape index (κ3) is 3.71. The van der Waals surface area contributed by atoms with Crippen molar-refractivity contribution in [3.63, 3.8) is 0 Å². The minimum atomic E-state index is -1.49. The van der Waals surface area contributed by atoms with Crippen molar-refractivity contribution in [2.24, 2.45) is 0 Å². The zero-order valence-corrected chi connectivity index (χ0v) is 9.54. The van der Waals surface area contributed by atoms with E-state index >= 15 is 0 Å². The minimum Gasteiger partial charge on any atom is -0.365 e. The van der Waals surface area contributed by atoms with E-state index in [1.54, 1.807) is 0 Å². The van der Waals surface area contributed by atoms with E-state index in [1.807, 2.05) is 0 Å². The molecule has 0 aliphatic rings. The van der Waals surface area contributed by atoms with Gasteiger partial charge in [0, 0.05) is 13.0 Å². The molecular weight excluding hydrogens is 260 g/mol. The van der Waals surface area contributed by atoms with Crippen LogP contribution in [-0.4, -0.2) is 11.1 Å². The standard InChI is InChI=1S/C10H8F4O2S/c1-5(15)17-4-16-3-6-9(13)7(11)2-8(12)10(6)14/h2H,3-4H2,1H3. The van der Waals surface area contributed by atoms with Gasteiger partial charge in [-0.1, -0.05) is 11.8 Å². The summed E-state index contributed by atoms with van der Waals surface area (Å²) in [6, 6.07) is 0.123. The molecule has 0 saturated carbocycles. The second-order valence-corrected chi connectivity index (χ2v) is 4.15. The molecule has 0 atom stereocenters. The summed E-state index contributed by atoms with van der Waals surface area (Å²) in [7, 11) is 0. The molecule has 0 aromatic heterocycles. The Labute approximate surface area is 99.0 Å². The molecule has 2 nitrogen and oxygen atoms in total. The SMILES string of the molecule is CC(=O)SCOCc1c(F)c(F)cc(F)c1F. The Balaban J connectivity index is 2.73. The molecule has 0 bridgehead atoms. The molecule has 0 unspecified atom stereocenters. The van der Waals surface area contributed by atoms with Crippen molar-refractivity contribution in [1.29, 1.82) is 0 Å². The molecule has 0 radical (unpaired) electrons. The molecule has 94 valence electrons. The first-order chi connectivity index (χ1) is 7.93. The lowest BCUT2D eigenvalue weighted by Gasteiger charge is -2.07. The van der Waals surface area contributed by atoms with Crippen LogP contribution in [0.15, 0.2) is 6.07 Å². The molecule has 0 aliphatic carbocycles. The number of hydrogen-bond donors (Lipinski definition) is 0. The van der Waals surface area contributed by atoms with Gasteiger partial charge in [0.25, 0.3) is 0 Å². The highest BCUT2D eigenvalue weighted by atomic mass is 32.2. The van der Waals surface area contributed by atoms with Gasteiger partial charge in [-0.25, -0.2) is 17.6 Å². The number of halogens is 4. The van der Waals surface area contributed by atoms with Gasteiger partial charge >= 0.3 is 0 Å². The topological polar surface area (TPSA) is 26.3 Å². The molecular formula is C10H8F4O2S. The fourth-order valence-corrected chi connectivity index (χ4v) is 1.35. The summed E-state index contributed by atoms with van der Waals surface area (Å²) in [5.74, 6) is -6.09. The van der Waals surface area contributed by atoms with Gasteiger partial charge < -0.3 is 4.74 Å². The molecule has 0 fully saturated rings. The fraction of sp³-hybridized carbons (Fsp3) is 0.300. The monoisotopic (exact) mass is 268 g/mol. The predicted molar refractivity (Wildman–Crippen MR) is 54.2 cm³/mol. The Morgan fingerprint density at radius 2 is 1.76 bits per heavy atom. The third-order valence-electron chi connectivity index (χ3n) is 1.79. The van der Waals surface area contributed by atoms with Gasteiger partial charge in [0.1, 0.15) is 0 Å². The molecule has 0 heterocycles. The van der Waals surface area contributed by atoms with Crippen LogP contribution in [0.2, 0.25) is 0 Å². The summed E-state index contributed by atoms with van der Waals surface area (Å²) in [6.45, 7) is 0.643. The average molecular weight is 268 g/mol. The summed E-state index contributed by atoms with van der Waals surface area (Å²) in [4.78, 5) is 10.5. The second-order valence-electron chi connectivity index (χ2n) is 3.05. The Bertz CT molecular complexity index is 411. The molecule has 0 N–H and O–H groups in total. The van der Waals surface area contributed by atoms with Crippen molar-refractivity contribution in [2.45, 2.75) is 13.5 Å². The van der Waals surface area contributed by atoms with Gasteiger partial charge in [0.2, 0.25) is 0 Å². The predicted octanol–water partition coefficient (Wildman–Crippen LogP) is 3.00. The number of rotatable bonds is 4. The van der Waals surface area contributed by atoms with Gasteiger partial charge in [-0.15, -0.1) is 0 Å². The van der Waals surface area contributed by atoms with E-state index in [2.05, 4.69) is 0 Å². The molecule has 0 saturated heterocycles. The van der Waals surface area contributed by atoms with E-state index in [0.29, 0.717) is 0 Å². The van der Waals surface area contributed by atoms with E-state index in [-0.39, 0.29) is 17.1 Å². The molecule has 7 heteroatoms. The molecule has 17 heavy (non-hydrogen) atoms. The lowest BCUT2D eigenvalue weighted by atomic mass is 10.2. The normalized spacial score (nSPS) is 10.6. The van der Waals surface area contributed by atoms with E-state index in [0.717, 1.165) is 11.8 Å². The molecule has 0 aliphatic heterocycles. The first-order valence-corrected chi connectivity index (χ1v) is 5.45. The van der Waals surface area contributed by atoms with Crippen molar-refractivity contribution >= 4 is 16.9 Å². The molecule has 1 rings (SSSR count). The minimum absolute atomic E-state index is 0.123. The second kappa shape index (κ2) is 6.02. The maximum absolute atomic E-state index is 13.1. The quantitative estimate of drug-likeness (QED) is 0.363. The third-order valence-corrected chi connectivity index (χ3v) is 2.49. The highest BCUT2D eigenvalue weighted by Gasteiger charge is 2.18. The average Bonchev–Trinajstić information content (AvgIpc) is 2.25. The lowest BCUT2D eigenvalue weighted by Crippen LogP contribution is -2.05. The molecule has 0 amide bonds. The summed E-state index contributed by atoms with van der Waals surface area (Å²) in [6.07, 6.45) is 0. The number of benzene rings is 1. The van der Waals surface area contributed by atoms with Crippen LogP contribution in [-0.2, 0) is 16.1 Å². The summed E-state index contributed by atoms with van der Waals surface area (Å²) in [5.41, 5.74) is -0.827. The van der Waals surface area contributed by atoms with Gasteiger partial charge in [0.05, 0.1) is 18.1 Å². The zero-order chi connectivity index (χ0) is 13.0. The van der Waals surface area contributed by atoms with Gasteiger partial charge in [-0.05, 0) is 0 Å². The van der Waals surface area contributed by atoms with Gasteiger partial charge in [0.15, 0.2) is 28.4 Å². The van der Waals surface area contributed by atoms with Crippen LogP contribution in [0.1, 0.15) is 12.5 Å². The Morgan fingerprint density at radius 1 is 1.24 bits per heavy atom. The Hall–Kier alpha value is -1.08. The number of carbonyl (C=O) groups is 1. The van der Waals surface area contributed by atoms with Crippen LogP contribution in [0.3, 0.4) is 0 Å². The maximum atomic E-state index is 13.1. The van der Waals surface area contributed by atoms with Crippen LogP contribution in [0.25, 0.3) is 0 Å². The number of hydrogen-bond acceptors (Lipinski definition) is 3. The lowest BCUT2D eigenvalue weighted by molar-refractivity contribution is -0.109. The van der Waals surface area contributed by atoms with Gasteiger partial charge in [-0.2, -0.15) is 0 Å². The number of ether oxygens (including phenoxy) is 1. The van der Waals surface area contributed by atoms with Crippen molar-refractivity contribution in [3.8, 4) is 0 Å². The van der Waals surface area contributed by atoms with E-state index in [1.165, 1.54) is 6.92 Å². The Kier molecular flexibility index (Phi) is 4.95. The summed E-state index contributed by atoms with van der Waals surface area (Å²) < 4.78 is 56.4. The van der Waals surface area contributed by atoms with Crippen LogP contribution in [0.5, 0.6) is 0 Å². The van der Waals surface area contributed by atoms with Crippen LogP contribution < -0.4 is 0 Å². The van der Waals surface area contributed by atoms with E-state index < -0.39 is 35.4 Å². The molecule has 1 aromatic carbocycles. The highest BCUT2D eigenvalue weighted by Crippen LogP contribution is 2.20. The first kappa shape index (κ1) is 14.0. The summed E-state index contributed by atoms with van der Waals surface area (Å²) >= 11 is 0.777.